The van der Waals surface area contributed by atoms with Gasteiger partial charge in [0, 0.05) is 24.1 Å². The van der Waals surface area contributed by atoms with E-state index in [0.29, 0.717) is 18.2 Å². The number of carbonyl (C=O) groups excluding carboxylic acids is 1. The molecular formula is C27H28N4O4. The van der Waals surface area contributed by atoms with Crippen LogP contribution in [0.3, 0.4) is 0 Å². The zero-order chi connectivity index (χ0) is 24.8. The summed E-state index contributed by atoms with van der Waals surface area (Å²) in [5.74, 6) is 1.27. The van der Waals surface area contributed by atoms with Crippen molar-refractivity contribution in [1.82, 2.24) is 20.1 Å². The maximum Gasteiger partial charge on any atom is 0.303 e. The van der Waals surface area contributed by atoms with Gasteiger partial charge >= 0.3 is 5.97 Å². The first kappa shape index (κ1) is 24.1. The van der Waals surface area contributed by atoms with Crippen LogP contribution in [0.25, 0.3) is 11.4 Å². The van der Waals surface area contributed by atoms with Gasteiger partial charge in [-0.1, -0.05) is 49.3 Å². The van der Waals surface area contributed by atoms with Gasteiger partial charge in [0.05, 0.1) is 17.6 Å². The van der Waals surface area contributed by atoms with Crippen LogP contribution in [0.4, 0.5) is 0 Å². The standard InChI is InChI=1S/C27H28N4O4/c1-18(2)27(4,24-13-12-23(15-29-24)34-16-22-7-5-6-14-28-22)21-10-8-20(9-11-21)26-30-25(35-31-26)17-33-19(3)32/h5-15,18H,16-17H2,1-4H3. The van der Waals surface area contributed by atoms with E-state index in [4.69, 9.17) is 19.0 Å². The monoisotopic (exact) mass is 472 g/mol. The third-order valence-corrected chi connectivity index (χ3v) is 6.15. The number of hydrogen-bond acceptors (Lipinski definition) is 8. The Bertz CT molecular complexity index is 1250. The molecule has 1 aromatic carbocycles. The van der Waals surface area contributed by atoms with E-state index in [0.717, 1.165) is 22.5 Å². The molecule has 0 saturated heterocycles. The van der Waals surface area contributed by atoms with E-state index < -0.39 is 5.97 Å². The van der Waals surface area contributed by atoms with Crippen LogP contribution in [0.15, 0.2) is 71.5 Å². The molecule has 180 valence electrons. The summed E-state index contributed by atoms with van der Waals surface area (Å²) in [4.78, 5) is 24.3. The summed E-state index contributed by atoms with van der Waals surface area (Å²) < 4.78 is 15.9. The van der Waals surface area contributed by atoms with Crippen molar-refractivity contribution >= 4 is 5.97 Å². The maximum atomic E-state index is 11.0. The highest BCUT2D eigenvalue weighted by atomic mass is 16.6. The molecule has 1 atom stereocenters. The maximum absolute atomic E-state index is 11.0. The fourth-order valence-corrected chi connectivity index (χ4v) is 3.75. The first-order valence-electron chi connectivity index (χ1n) is 11.4. The Kier molecular flexibility index (Phi) is 7.19. The van der Waals surface area contributed by atoms with Gasteiger partial charge in [0.25, 0.3) is 5.89 Å². The van der Waals surface area contributed by atoms with E-state index >= 15 is 0 Å². The fraction of sp³-hybridized carbons (Fsp3) is 0.296. The molecule has 8 heteroatoms. The molecule has 1 unspecified atom stereocenters. The molecule has 0 N–H and O–H groups in total. The van der Waals surface area contributed by atoms with E-state index in [9.17, 15) is 4.79 Å². The van der Waals surface area contributed by atoms with Crippen molar-refractivity contribution < 1.29 is 18.8 Å². The summed E-state index contributed by atoms with van der Waals surface area (Å²) in [6.45, 7) is 8.24. The topological polar surface area (TPSA) is 100 Å². The summed E-state index contributed by atoms with van der Waals surface area (Å²) in [5, 5.41) is 3.99. The molecule has 0 amide bonds. The van der Waals surface area contributed by atoms with Gasteiger partial charge in [-0.25, -0.2) is 0 Å². The number of rotatable bonds is 9. The summed E-state index contributed by atoms with van der Waals surface area (Å²) >= 11 is 0. The molecule has 0 aliphatic rings. The van der Waals surface area contributed by atoms with Crippen molar-refractivity contribution in [2.24, 2.45) is 5.92 Å². The van der Waals surface area contributed by atoms with Gasteiger partial charge in [-0.3, -0.25) is 14.8 Å². The van der Waals surface area contributed by atoms with Crippen LogP contribution in [0.5, 0.6) is 5.75 Å². The first-order chi connectivity index (χ1) is 16.9. The Morgan fingerprint density at radius 3 is 2.46 bits per heavy atom. The molecule has 8 nitrogen and oxygen atoms in total. The van der Waals surface area contributed by atoms with Crippen molar-refractivity contribution in [3.63, 3.8) is 0 Å². The van der Waals surface area contributed by atoms with Crippen molar-refractivity contribution in [2.45, 2.75) is 46.3 Å². The summed E-state index contributed by atoms with van der Waals surface area (Å²) in [6.07, 6.45) is 3.51. The Balaban J connectivity index is 1.50. The highest BCUT2D eigenvalue weighted by Gasteiger charge is 2.34. The number of nitrogens with zero attached hydrogens (tertiary/aromatic N) is 4. The molecule has 0 bridgehead atoms. The van der Waals surface area contributed by atoms with Crippen LogP contribution in [-0.2, 0) is 28.2 Å². The molecule has 4 aromatic rings. The number of carbonyl (C=O) groups is 1. The second-order valence-electron chi connectivity index (χ2n) is 8.72. The van der Waals surface area contributed by atoms with Crippen LogP contribution < -0.4 is 4.74 Å². The van der Waals surface area contributed by atoms with Crippen molar-refractivity contribution in [2.75, 3.05) is 0 Å². The van der Waals surface area contributed by atoms with Gasteiger partial charge in [-0.15, -0.1) is 0 Å². The van der Waals surface area contributed by atoms with Crippen molar-refractivity contribution in [3.05, 3.63) is 89.8 Å². The second kappa shape index (κ2) is 10.5. The molecule has 4 rings (SSSR count). The molecule has 0 radical (unpaired) electrons. The highest BCUT2D eigenvalue weighted by molar-refractivity contribution is 5.65. The second-order valence-corrected chi connectivity index (χ2v) is 8.72. The van der Waals surface area contributed by atoms with Crippen LogP contribution in [0, 0.1) is 5.92 Å². The molecular weight excluding hydrogens is 444 g/mol. The van der Waals surface area contributed by atoms with Gasteiger partial charge in [-0.2, -0.15) is 4.98 Å². The number of aromatic nitrogens is 4. The predicted molar refractivity (Wildman–Crippen MR) is 129 cm³/mol. The third-order valence-electron chi connectivity index (χ3n) is 6.15. The molecule has 0 fully saturated rings. The molecule has 0 aliphatic heterocycles. The number of benzene rings is 1. The number of esters is 1. The minimum Gasteiger partial charge on any atom is -0.486 e. The lowest BCUT2D eigenvalue weighted by Crippen LogP contribution is -2.31. The minimum atomic E-state index is -0.400. The fourth-order valence-electron chi connectivity index (χ4n) is 3.75. The predicted octanol–water partition coefficient (Wildman–Crippen LogP) is 5.13. The Morgan fingerprint density at radius 2 is 1.83 bits per heavy atom. The van der Waals surface area contributed by atoms with Crippen LogP contribution >= 0.6 is 0 Å². The quantitative estimate of drug-likeness (QED) is 0.309. The number of pyridine rings is 2. The summed E-state index contributed by atoms with van der Waals surface area (Å²) in [5.41, 5.74) is 3.42. The lowest BCUT2D eigenvalue weighted by Gasteiger charge is -2.34. The first-order valence-corrected chi connectivity index (χ1v) is 11.4. The minimum absolute atomic E-state index is 0.0426. The van der Waals surface area contributed by atoms with Crippen LogP contribution in [0.1, 0.15) is 50.5 Å². The van der Waals surface area contributed by atoms with E-state index in [2.05, 4.69) is 48.0 Å². The summed E-state index contributed by atoms with van der Waals surface area (Å²) in [7, 11) is 0. The number of hydrogen-bond donors (Lipinski definition) is 0. The van der Waals surface area contributed by atoms with Gasteiger partial charge in [-0.05, 0) is 42.7 Å². The van der Waals surface area contributed by atoms with E-state index in [-0.39, 0.29) is 23.8 Å². The zero-order valence-electron chi connectivity index (χ0n) is 20.3. The van der Waals surface area contributed by atoms with E-state index in [1.165, 1.54) is 6.92 Å². The van der Waals surface area contributed by atoms with Crippen LogP contribution in [-0.4, -0.2) is 26.1 Å². The SMILES string of the molecule is CC(=O)OCc1nc(-c2ccc(C(C)(c3ccc(OCc4ccccn4)cn3)C(C)C)cc2)no1. The largest absolute Gasteiger partial charge is 0.486 e. The molecule has 0 aliphatic carbocycles. The van der Waals surface area contributed by atoms with E-state index in [1.807, 2.05) is 42.5 Å². The van der Waals surface area contributed by atoms with Gasteiger partial charge in [0.2, 0.25) is 5.82 Å². The van der Waals surface area contributed by atoms with Crippen LogP contribution in [0.2, 0.25) is 0 Å². The lowest BCUT2D eigenvalue weighted by atomic mass is 9.70. The third kappa shape index (κ3) is 5.54. The average Bonchev–Trinajstić information content (AvgIpc) is 3.36. The smallest absolute Gasteiger partial charge is 0.303 e. The molecule has 0 saturated carbocycles. The molecule has 3 aromatic heterocycles. The zero-order valence-corrected chi connectivity index (χ0v) is 20.3. The molecule has 3 heterocycles. The number of ether oxygens (including phenoxy) is 2. The van der Waals surface area contributed by atoms with Crippen molar-refractivity contribution in [1.29, 1.82) is 0 Å². The molecule has 0 spiro atoms. The van der Waals surface area contributed by atoms with Gasteiger partial charge in [0.15, 0.2) is 6.61 Å². The van der Waals surface area contributed by atoms with Gasteiger partial charge in [0.1, 0.15) is 12.4 Å². The Labute approximate surface area is 204 Å². The Hall–Kier alpha value is -4.07. The average molecular weight is 473 g/mol. The summed E-state index contributed by atoms with van der Waals surface area (Å²) in [6, 6.07) is 17.7. The van der Waals surface area contributed by atoms with E-state index in [1.54, 1.807) is 12.4 Å². The van der Waals surface area contributed by atoms with Crippen molar-refractivity contribution in [3.8, 4) is 17.1 Å². The Morgan fingerprint density at radius 1 is 1.03 bits per heavy atom. The highest BCUT2D eigenvalue weighted by Crippen LogP contribution is 2.39. The molecule has 35 heavy (non-hydrogen) atoms. The lowest BCUT2D eigenvalue weighted by molar-refractivity contribution is -0.143. The normalized spacial score (nSPS) is 12.8. The van der Waals surface area contributed by atoms with Gasteiger partial charge < -0.3 is 14.0 Å².